The van der Waals surface area contributed by atoms with Crippen molar-refractivity contribution >= 4 is 35.6 Å². The smallest absolute Gasteiger partial charge is 0.326 e. The zero-order valence-electron chi connectivity index (χ0n) is 32.8. The average Bonchev–Trinajstić information content (AvgIpc) is 3.00. The van der Waals surface area contributed by atoms with Gasteiger partial charge in [-0.3, -0.25) is 24.0 Å². The average molecular weight is 727 g/mol. The predicted molar refractivity (Wildman–Crippen MR) is 198 cm³/mol. The molecule has 0 heterocycles. The molecule has 51 heavy (non-hydrogen) atoms. The number of carboxylic acids is 2. The summed E-state index contributed by atoms with van der Waals surface area (Å²) < 4.78 is 0. The molecule has 7 N–H and O–H groups in total. The standard InChI is InChI=1S/C38H70N4O9/c1-10-26(8)21-27(9)14-12-11-13-15-28(43)22-33(44)39-30(18-23(2)3)36(48)40-29(16-17-34(45)46)35(47)41-31(19-24(4)5)37(49)42-32(38(50)51)20-25(6)7/h23-32,43H,10-22H2,1-9H3,(H,39,44)(H,40,48)(H,41,47)(H,42,49)(H,45,46)(H,50,51)/t26-,27-,28+,29-,30-,31-,32-/m0/s1. The number of hydrogen-bond donors (Lipinski definition) is 7. The van der Waals surface area contributed by atoms with E-state index in [0.29, 0.717) is 18.3 Å². The second-order valence-electron chi connectivity index (χ2n) is 15.8. The van der Waals surface area contributed by atoms with Crippen molar-refractivity contribution in [3.63, 3.8) is 0 Å². The van der Waals surface area contributed by atoms with Gasteiger partial charge in [0.1, 0.15) is 24.2 Å². The quantitative estimate of drug-likeness (QED) is 0.0552. The van der Waals surface area contributed by atoms with Crippen LogP contribution in [0.4, 0.5) is 0 Å². The van der Waals surface area contributed by atoms with Crippen LogP contribution in [0.5, 0.6) is 0 Å². The molecule has 0 saturated carbocycles. The molecule has 4 amide bonds. The Morgan fingerprint density at radius 1 is 0.529 bits per heavy atom. The lowest BCUT2D eigenvalue weighted by Gasteiger charge is -2.27. The molecule has 0 bridgehead atoms. The molecule has 0 fully saturated rings. The highest BCUT2D eigenvalue weighted by Gasteiger charge is 2.32. The summed E-state index contributed by atoms with van der Waals surface area (Å²) in [4.78, 5) is 76.3. The Kier molecular flexibility index (Phi) is 24.1. The van der Waals surface area contributed by atoms with Gasteiger partial charge in [0.15, 0.2) is 0 Å². The van der Waals surface area contributed by atoms with Crippen LogP contribution in [0.2, 0.25) is 0 Å². The van der Waals surface area contributed by atoms with Crippen LogP contribution in [0.3, 0.4) is 0 Å². The van der Waals surface area contributed by atoms with Gasteiger partial charge in [-0.1, -0.05) is 94.4 Å². The molecule has 13 nitrogen and oxygen atoms in total. The molecular formula is C38H70N4O9. The van der Waals surface area contributed by atoms with Gasteiger partial charge in [0.05, 0.1) is 12.5 Å². The first kappa shape index (κ1) is 47.8. The third kappa shape index (κ3) is 23.1. The minimum atomic E-state index is -1.35. The Labute approximate surface area is 306 Å². The first-order chi connectivity index (χ1) is 23.7. The molecule has 0 radical (unpaired) electrons. The minimum absolute atomic E-state index is 0.0224. The summed E-state index contributed by atoms with van der Waals surface area (Å²) in [6.07, 6.45) is 5.54. The number of carbonyl (C=O) groups excluding carboxylic acids is 4. The number of carboxylic acid groups (broad SMARTS) is 2. The van der Waals surface area contributed by atoms with E-state index in [1.807, 2.05) is 41.5 Å². The van der Waals surface area contributed by atoms with Crippen molar-refractivity contribution in [3.8, 4) is 0 Å². The van der Waals surface area contributed by atoms with Crippen molar-refractivity contribution in [1.82, 2.24) is 21.3 Å². The summed E-state index contributed by atoms with van der Waals surface area (Å²) in [5, 5.41) is 39.8. The van der Waals surface area contributed by atoms with Crippen molar-refractivity contribution in [2.75, 3.05) is 0 Å². The Morgan fingerprint density at radius 3 is 1.47 bits per heavy atom. The van der Waals surface area contributed by atoms with Gasteiger partial charge in [0.25, 0.3) is 0 Å². The maximum atomic E-state index is 13.5. The third-order valence-electron chi connectivity index (χ3n) is 8.96. The molecular weight excluding hydrogens is 656 g/mol. The van der Waals surface area contributed by atoms with Crippen LogP contribution >= 0.6 is 0 Å². The number of unbranched alkanes of at least 4 members (excludes halogenated alkanes) is 2. The van der Waals surface area contributed by atoms with Gasteiger partial charge in [0.2, 0.25) is 23.6 Å². The van der Waals surface area contributed by atoms with Crippen LogP contribution in [0.25, 0.3) is 0 Å². The van der Waals surface area contributed by atoms with Crippen molar-refractivity contribution in [2.45, 2.75) is 176 Å². The predicted octanol–water partition coefficient (Wildman–Crippen LogP) is 4.79. The molecule has 0 saturated heterocycles. The highest BCUT2D eigenvalue weighted by Crippen LogP contribution is 2.21. The third-order valence-corrected chi connectivity index (χ3v) is 8.96. The van der Waals surface area contributed by atoms with Crippen molar-refractivity contribution < 1.29 is 44.1 Å². The molecule has 0 unspecified atom stereocenters. The Bertz CT molecular complexity index is 1080. The molecule has 13 heteroatoms. The number of nitrogens with one attached hydrogen (secondary N) is 4. The summed E-state index contributed by atoms with van der Waals surface area (Å²) in [5.74, 6) is -3.89. The molecule has 0 aliphatic rings. The highest BCUT2D eigenvalue weighted by atomic mass is 16.4. The second-order valence-corrected chi connectivity index (χ2v) is 15.8. The minimum Gasteiger partial charge on any atom is -0.481 e. The monoisotopic (exact) mass is 727 g/mol. The Balaban J connectivity index is 5.56. The molecule has 0 aromatic heterocycles. The molecule has 0 aliphatic carbocycles. The summed E-state index contributed by atoms with van der Waals surface area (Å²) in [6.45, 7) is 17.7. The fourth-order valence-electron chi connectivity index (χ4n) is 6.04. The first-order valence-electron chi connectivity index (χ1n) is 19.1. The number of rotatable bonds is 28. The summed E-state index contributed by atoms with van der Waals surface area (Å²) in [6, 6.07) is -4.72. The fraction of sp³-hybridized carbons (Fsp3) is 0.842. The summed E-state index contributed by atoms with van der Waals surface area (Å²) in [5.41, 5.74) is 0. The lowest BCUT2D eigenvalue weighted by Crippen LogP contribution is -2.58. The van der Waals surface area contributed by atoms with E-state index in [9.17, 15) is 44.1 Å². The van der Waals surface area contributed by atoms with Crippen LogP contribution in [0, 0.1) is 29.6 Å². The van der Waals surface area contributed by atoms with Crippen molar-refractivity contribution in [2.24, 2.45) is 29.6 Å². The second kappa shape index (κ2) is 25.7. The van der Waals surface area contributed by atoms with E-state index in [1.54, 1.807) is 0 Å². The first-order valence-corrected chi connectivity index (χ1v) is 19.1. The van der Waals surface area contributed by atoms with Gasteiger partial charge < -0.3 is 36.6 Å². The molecule has 0 aliphatic heterocycles. The highest BCUT2D eigenvalue weighted by molar-refractivity contribution is 5.95. The van der Waals surface area contributed by atoms with Crippen LogP contribution in [0.1, 0.15) is 146 Å². The number of hydrogen-bond acceptors (Lipinski definition) is 7. The van der Waals surface area contributed by atoms with Crippen LogP contribution in [0.15, 0.2) is 0 Å². The van der Waals surface area contributed by atoms with Gasteiger partial charge in [-0.25, -0.2) is 4.79 Å². The topological polar surface area (TPSA) is 211 Å². The molecule has 0 aromatic rings. The Morgan fingerprint density at radius 2 is 0.980 bits per heavy atom. The SMILES string of the molecule is CC[C@H](C)C[C@@H](C)CCCCC[C@@H](O)CC(=O)N[C@@H](CC(C)C)C(=O)N[C@@H](CCC(=O)O)C(=O)N[C@@H](CC(C)C)C(=O)N[C@@H](CC(C)C)C(=O)O. The van der Waals surface area contributed by atoms with Crippen LogP contribution in [-0.4, -0.2) is 81.2 Å². The molecule has 296 valence electrons. The maximum Gasteiger partial charge on any atom is 0.326 e. The number of aliphatic hydroxyl groups is 1. The molecule has 7 atom stereocenters. The van der Waals surface area contributed by atoms with Gasteiger partial charge in [-0.2, -0.15) is 0 Å². The van der Waals surface area contributed by atoms with E-state index in [0.717, 1.165) is 25.7 Å². The number of carbonyl (C=O) groups is 6. The van der Waals surface area contributed by atoms with Gasteiger partial charge >= 0.3 is 11.9 Å². The van der Waals surface area contributed by atoms with E-state index < -0.39 is 72.3 Å². The zero-order chi connectivity index (χ0) is 39.3. The zero-order valence-corrected chi connectivity index (χ0v) is 32.8. The molecule has 0 aromatic carbocycles. The van der Waals surface area contributed by atoms with E-state index in [2.05, 4.69) is 42.0 Å². The summed E-state index contributed by atoms with van der Waals surface area (Å²) in [7, 11) is 0. The van der Waals surface area contributed by atoms with Crippen LogP contribution < -0.4 is 21.3 Å². The number of amides is 4. The van der Waals surface area contributed by atoms with Crippen LogP contribution in [-0.2, 0) is 28.8 Å². The van der Waals surface area contributed by atoms with Gasteiger partial charge in [0, 0.05) is 6.42 Å². The maximum absolute atomic E-state index is 13.5. The Hall–Kier alpha value is -3.22. The molecule has 0 rings (SSSR count). The number of aliphatic carboxylic acids is 2. The number of aliphatic hydroxyl groups excluding tert-OH is 1. The van der Waals surface area contributed by atoms with E-state index in [1.165, 1.54) is 12.8 Å². The lowest BCUT2D eigenvalue weighted by molar-refractivity contribution is -0.143. The van der Waals surface area contributed by atoms with E-state index in [-0.39, 0.29) is 49.9 Å². The van der Waals surface area contributed by atoms with Gasteiger partial charge in [-0.05, 0) is 68.1 Å². The lowest BCUT2D eigenvalue weighted by atomic mass is 9.91. The normalized spacial score (nSPS) is 15.7. The fourth-order valence-corrected chi connectivity index (χ4v) is 6.04. The largest absolute Gasteiger partial charge is 0.481 e. The van der Waals surface area contributed by atoms with Gasteiger partial charge in [-0.15, -0.1) is 0 Å². The van der Waals surface area contributed by atoms with Crippen molar-refractivity contribution in [3.05, 3.63) is 0 Å². The molecule has 0 spiro atoms. The van der Waals surface area contributed by atoms with Crippen molar-refractivity contribution in [1.29, 1.82) is 0 Å². The summed E-state index contributed by atoms with van der Waals surface area (Å²) >= 11 is 0. The van der Waals surface area contributed by atoms with E-state index in [4.69, 9.17) is 0 Å². The van der Waals surface area contributed by atoms with E-state index >= 15 is 0 Å².